The zero-order valence-corrected chi connectivity index (χ0v) is 10.6. The van der Waals surface area contributed by atoms with Gasteiger partial charge in [-0.2, -0.15) is 4.98 Å². The molecule has 1 atom stereocenters. The number of carbonyl (C=O) groups excluding carboxylic acids is 1. The Hall–Kier alpha value is -2.02. The van der Waals surface area contributed by atoms with E-state index in [-0.39, 0.29) is 18.5 Å². The van der Waals surface area contributed by atoms with Crippen LogP contribution < -0.4 is 0 Å². The van der Waals surface area contributed by atoms with Gasteiger partial charge in [-0.3, -0.25) is 0 Å². The molecule has 7 heteroatoms. The molecule has 1 fully saturated rings. The van der Waals surface area contributed by atoms with Gasteiger partial charge < -0.3 is 9.47 Å². The first kappa shape index (κ1) is 12.0. The van der Waals surface area contributed by atoms with Crippen LogP contribution in [-0.2, 0) is 9.47 Å². The van der Waals surface area contributed by atoms with Gasteiger partial charge in [0.2, 0.25) is 0 Å². The fraction of sp³-hybridized carbons (Fsp3) is 0.500. The predicted molar refractivity (Wildman–Crippen MR) is 64.8 cm³/mol. The number of aromatic nitrogens is 4. The van der Waals surface area contributed by atoms with Crippen molar-refractivity contribution in [2.75, 3.05) is 13.2 Å². The Morgan fingerprint density at radius 2 is 2.53 bits per heavy atom. The molecule has 100 valence electrons. The Bertz CT molecular complexity index is 604. The highest BCUT2D eigenvalue weighted by molar-refractivity contribution is 5.85. The third kappa shape index (κ3) is 2.41. The Morgan fingerprint density at radius 1 is 1.63 bits per heavy atom. The van der Waals surface area contributed by atoms with Gasteiger partial charge in [0.15, 0.2) is 0 Å². The minimum absolute atomic E-state index is 0.000780. The molecule has 2 aromatic rings. The third-order valence-corrected chi connectivity index (χ3v) is 3.04. The molecule has 0 aliphatic carbocycles. The standard InChI is InChI=1S/C12H14N4O3/c1-8-4-5-13-12-14-10(15-16(8)12)11(17)19-7-9-3-2-6-18-9/h4-5,9H,2-3,6-7H2,1H3. The minimum atomic E-state index is -0.541. The normalized spacial score (nSPS) is 18.9. The molecule has 0 radical (unpaired) electrons. The summed E-state index contributed by atoms with van der Waals surface area (Å²) in [6, 6.07) is 1.79. The van der Waals surface area contributed by atoms with Crippen LogP contribution in [0, 0.1) is 6.92 Å². The van der Waals surface area contributed by atoms with Gasteiger partial charge in [0.25, 0.3) is 11.6 Å². The first-order valence-electron chi connectivity index (χ1n) is 6.21. The smallest absolute Gasteiger partial charge is 0.378 e. The van der Waals surface area contributed by atoms with Crippen molar-refractivity contribution < 1.29 is 14.3 Å². The van der Waals surface area contributed by atoms with E-state index in [1.165, 1.54) is 4.52 Å². The lowest BCUT2D eigenvalue weighted by Crippen LogP contribution is -2.18. The SMILES string of the molecule is Cc1ccnc2nc(C(=O)OCC3CCCO3)nn12. The van der Waals surface area contributed by atoms with Gasteiger partial charge >= 0.3 is 5.97 Å². The molecule has 0 bridgehead atoms. The van der Waals surface area contributed by atoms with E-state index in [4.69, 9.17) is 9.47 Å². The molecular weight excluding hydrogens is 248 g/mol. The van der Waals surface area contributed by atoms with Crippen LogP contribution in [0.25, 0.3) is 5.78 Å². The molecule has 0 aromatic carbocycles. The minimum Gasteiger partial charge on any atom is -0.457 e. The van der Waals surface area contributed by atoms with E-state index in [0.29, 0.717) is 5.78 Å². The van der Waals surface area contributed by atoms with Crippen molar-refractivity contribution in [3.63, 3.8) is 0 Å². The van der Waals surface area contributed by atoms with Crippen LogP contribution in [0.5, 0.6) is 0 Å². The van der Waals surface area contributed by atoms with E-state index >= 15 is 0 Å². The molecule has 19 heavy (non-hydrogen) atoms. The van der Waals surface area contributed by atoms with Crippen molar-refractivity contribution in [2.24, 2.45) is 0 Å². The van der Waals surface area contributed by atoms with Gasteiger partial charge in [0.1, 0.15) is 6.61 Å². The summed E-state index contributed by atoms with van der Waals surface area (Å²) >= 11 is 0. The van der Waals surface area contributed by atoms with Crippen LogP contribution in [0.3, 0.4) is 0 Å². The molecule has 1 saturated heterocycles. The molecule has 7 nitrogen and oxygen atoms in total. The largest absolute Gasteiger partial charge is 0.457 e. The lowest BCUT2D eigenvalue weighted by molar-refractivity contribution is 0.0151. The van der Waals surface area contributed by atoms with E-state index in [2.05, 4.69) is 15.1 Å². The second kappa shape index (κ2) is 4.93. The maximum absolute atomic E-state index is 11.8. The molecule has 0 saturated carbocycles. The summed E-state index contributed by atoms with van der Waals surface area (Å²) < 4.78 is 12.0. The number of rotatable bonds is 3. The summed E-state index contributed by atoms with van der Waals surface area (Å²) in [6.07, 6.45) is 3.56. The van der Waals surface area contributed by atoms with Crippen molar-refractivity contribution in [2.45, 2.75) is 25.9 Å². The van der Waals surface area contributed by atoms with Crippen molar-refractivity contribution in [3.05, 3.63) is 23.8 Å². The molecular formula is C12H14N4O3. The van der Waals surface area contributed by atoms with E-state index in [9.17, 15) is 4.79 Å². The second-order valence-electron chi connectivity index (χ2n) is 4.47. The Kier molecular flexibility index (Phi) is 3.12. The maximum Gasteiger partial charge on any atom is 0.378 e. The van der Waals surface area contributed by atoms with Gasteiger partial charge in [-0.15, -0.1) is 5.10 Å². The van der Waals surface area contributed by atoms with Crippen molar-refractivity contribution in [1.29, 1.82) is 0 Å². The summed E-state index contributed by atoms with van der Waals surface area (Å²) in [4.78, 5) is 19.9. The van der Waals surface area contributed by atoms with Crippen LogP contribution >= 0.6 is 0 Å². The Morgan fingerprint density at radius 3 is 3.26 bits per heavy atom. The van der Waals surface area contributed by atoms with Gasteiger partial charge in [0.05, 0.1) is 6.10 Å². The summed E-state index contributed by atoms with van der Waals surface area (Å²) in [6.45, 7) is 2.85. The summed E-state index contributed by atoms with van der Waals surface area (Å²) in [7, 11) is 0. The zero-order chi connectivity index (χ0) is 13.2. The fourth-order valence-corrected chi connectivity index (χ4v) is 2.00. The van der Waals surface area contributed by atoms with E-state index in [1.54, 1.807) is 12.3 Å². The van der Waals surface area contributed by atoms with Crippen LogP contribution in [0.15, 0.2) is 12.3 Å². The number of hydrogen-bond donors (Lipinski definition) is 0. The average molecular weight is 262 g/mol. The van der Waals surface area contributed by atoms with E-state index in [1.807, 2.05) is 6.92 Å². The number of carbonyl (C=O) groups is 1. The first-order valence-corrected chi connectivity index (χ1v) is 6.21. The molecule has 0 N–H and O–H groups in total. The fourth-order valence-electron chi connectivity index (χ4n) is 2.00. The molecule has 0 spiro atoms. The summed E-state index contributed by atoms with van der Waals surface area (Å²) in [5, 5.41) is 4.09. The van der Waals surface area contributed by atoms with Crippen LogP contribution in [0.1, 0.15) is 29.2 Å². The molecule has 1 unspecified atom stereocenters. The van der Waals surface area contributed by atoms with Gasteiger partial charge in [0, 0.05) is 18.5 Å². The van der Waals surface area contributed by atoms with Crippen LogP contribution in [-0.4, -0.2) is 44.9 Å². The summed E-state index contributed by atoms with van der Waals surface area (Å²) in [5.41, 5.74) is 0.857. The number of aryl methyl sites for hydroxylation is 1. The highest BCUT2D eigenvalue weighted by Gasteiger charge is 2.20. The van der Waals surface area contributed by atoms with Gasteiger partial charge in [-0.05, 0) is 25.8 Å². The molecule has 1 aliphatic rings. The number of esters is 1. The molecule has 3 heterocycles. The van der Waals surface area contributed by atoms with Crippen LogP contribution in [0.4, 0.5) is 0 Å². The first-order chi connectivity index (χ1) is 9.24. The highest BCUT2D eigenvalue weighted by atomic mass is 16.6. The summed E-state index contributed by atoms with van der Waals surface area (Å²) in [5.74, 6) is -0.121. The Balaban J connectivity index is 1.72. The topological polar surface area (TPSA) is 78.6 Å². The monoisotopic (exact) mass is 262 g/mol. The average Bonchev–Trinajstić information content (AvgIpc) is 3.05. The number of nitrogens with zero attached hydrogens (tertiary/aromatic N) is 4. The van der Waals surface area contributed by atoms with E-state index in [0.717, 1.165) is 25.1 Å². The lowest BCUT2D eigenvalue weighted by Gasteiger charge is -2.08. The maximum atomic E-state index is 11.8. The molecule has 2 aromatic heterocycles. The van der Waals surface area contributed by atoms with Gasteiger partial charge in [-0.25, -0.2) is 14.3 Å². The quantitative estimate of drug-likeness (QED) is 0.760. The molecule has 0 amide bonds. The number of hydrogen-bond acceptors (Lipinski definition) is 6. The van der Waals surface area contributed by atoms with Crippen LogP contribution in [0.2, 0.25) is 0 Å². The molecule has 3 rings (SSSR count). The molecule has 1 aliphatic heterocycles. The Labute approximate surface area is 109 Å². The second-order valence-corrected chi connectivity index (χ2v) is 4.47. The zero-order valence-electron chi connectivity index (χ0n) is 10.6. The number of fused-ring (bicyclic) bond motifs is 1. The highest BCUT2D eigenvalue weighted by Crippen LogP contribution is 2.12. The van der Waals surface area contributed by atoms with Crippen molar-refractivity contribution >= 4 is 11.7 Å². The van der Waals surface area contributed by atoms with Crippen molar-refractivity contribution in [3.8, 4) is 0 Å². The number of ether oxygens (including phenoxy) is 2. The lowest BCUT2D eigenvalue weighted by atomic mass is 10.2. The van der Waals surface area contributed by atoms with E-state index < -0.39 is 5.97 Å². The van der Waals surface area contributed by atoms with Gasteiger partial charge in [-0.1, -0.05) is 0 Å². The predicted octanol–water partition coefficient (Wildman–Crippen LogP) is 0.769. The third-order valence-electron chi connectivity index (χ3n) is 3.04. The van der Waals surface area contributed by atoms with Crippen molar-refractivity contribution in [1.82, 2.24) is 19.6 Å².